The Hall–Kier alpha value is -2.54. The zero-order valence-corrected chi connectivity index (χ0v) is 12.9. The second-order valence-electron chi connectivity index (χ2n) is 5.58. The van der Waals surface area contributed by atoms with Crippen LogP contribution in [0.2, 0.25) is 0 Å². The predicted octanol–water partition coefficient (Wildman–Crippen LogP) is 1.23. The number of hydrogen-bond donors (Lipinski definition) is 2. The molecular formula is C16H19N5O2. The van der Waals surface area contributed by atoms with Crippen LogP contribution in [0.1, 0.15) is 23.9 Å². The average molecular weight is 313 g/mol. The summed E-state index contributed by atoms with van der Waals surface area (Å²) in [6.07, 6.45) is 2.52. The molecule has 0 spiro atoms. The van der Waals surface area contributed by atoms with Crippen molar-refractivity contribution in [1.29, 1.82) is 0 Å². The van der Waals surface area contributed by atoms with Crippen LogP contribution in [0, 0.1) is 6.92 Å². The molecule has 1 fully saturated rings. The van der Waals surface area contributed by atoms with Crippen molar-refractivity contribution in [2.45, 2.75) is 19.3 Å². The molecule has 23 heavy (non-hydrogen) atoms. The van der Waals surface area contributed by atoms with Crippen LogP contribution < -0.4 is 5.32 Å². The monoisotopic (exact) mass is 313 g/mol. The first-order valence-corrected chi connectivity index (χ1v) is 7.58. The molecule has 7 heteroatoms. The highest BCUT2D eigenvalue weighted by molar-refractivity contribution is 5.77. The third kappa shape index (κ3) is 3.62. The van der Waals surface area contributed by atoms with Gasteiger partial charge in [-0.05, 0) is 25.5 Å². The number of likely N-dealkylation sites (tertiary alicyclic amines) is 1. The van der Waals surface area contributed by atoms with E-state index in [0.717, 1.165) is 23.8 Å². The topological polar surface area (TPSA) is 91.2 Å². The van der Waals surface area contributed by atoms with Gasteiger partial charge in [0, 0.05) is 37.0 Å². The van der Waals surface area contributed by atoms with E-state index in [4.69, 9.17) is 5.11 Å². The van der Waals surface area contributed by atoms with E-state index in [1.54, 1.807) is 11.1 Å². The summed E-state index contributed by atoms with van der Waals surface area (Å²) in [5, 5.41) is 12.1. The molecule has 0 aliphatic carbocycles. The van der Waals surface area contributed by atoms with Crippen molar-refractivity contribution in [3.05, 3.63) is 42.0 Å². The highest BCUT2D eigenvalue weighted by Gasteiger charge is 2.29. The number of rotatable bonds is 4. The largest absolute Gasteiger partial charge is 0.387 e. The minimum atomic E-state index is -0.451. The number of nitrogens with one attached hydrogen (secondary N) is 1. The Morgan fingerprint density at radius 3 is 3.00 bits per heavy atom. The van der Waals surface area contributed by atoms with Gasteiger partial charge in [-0.2, -0.15) is 0 Å². The molecule has 3 heterocycles. The van der Waals surface area contributed by atoms with E-state index in [9.17, 15) is 4.79 Å². The number of anilines is 2. The molecule has 1 saturated heterocycles. The molecule has 120 valence electrons. The number of aromatic nitrogens is 3. The van der Waals surface area contributed by atoms with E-state index in [0.29, 0.717) is 18.9 Å². The fourth-order valence-corrected chi connectivity index (χ4v) is 2.70. The maximum atomic E-state index is 11.6. The Morgan fingerprint density at radius 2 is 2.26 bits per heavy atom. The number of amides is 1. The number of pyridine rings is 1. The summed E-state index contributed by atoms with van der Waals surface area (Å²) in [6, 6.07) is 7.49. The third-order valence-corrected chi connectivity index (χ3v) is 3.83. The van der Waals surface area contributed by atoms with Crippen molar-refractivity contribution in [3.8, 4) is 0 Å². The summed E-state index contributed by atoms with van der Waals surface area (Å²) < 4.78 is 0. The maximum Gasteiger partial charge on any atom is 0.248 e. The van der Waals surface area contributed by atoms with Crippen molar-refractivity contribution >= 4 is 17.5 Å². The van der Waals surface area contributed by atoms with Gasteiger partial charge in [-0.3, -0.25) is 4.79 Å². The minimum Gasteiger partial charge on any atom is -0.387 e. The Bertz CT molecular complexity index is 692. The van der Waals surface area contributed by atoms with E-state index < -0.39 is 6.61 Å². The van der Waals surface area contributed by atoms with Gasteiger partial charge in [0.25, 0.3) is 0 Å². The van der Waals surface area contributed by atoms with E-state index in [2.05, 4.69) is 20.3 Å². The van der Waals surface area contributed by atoms with Crippen LogP contribution in [0.3, 0.4) is 0 Å². The standard InChI is InChI=1S/C16H19N5O2/c1-11-8-14(19-13-4-2-3-6-17-13)20-16(18-11)12-5-7-21(9-12)15(23)10-22/h2-4,6,8,12,22H,5,7,9-10H2,1H3,(H,17,18,19,20)/t12-/m0/s1. The third-order valence-electron chi connectivity index (χ3n) is 3.83. The molecule has 2 N–H and O–H groups in total. The normalized spacial score (nSPS) is 17.3. The Kier molecular flexibility index (Phi) is 4.47. The number of aliphatic hydroxyl groups is 1. The van der Waals surface area contributed by atoms with Crippen LogP contribution >= 0.6 is 0 Å². The molecule has 0 aromatic carbocycles. The van der Waals surface area contributed by atoms with Crippen molar-refractivity contribution in [1.82, 2.24) is 19.9 Å². The summed E-state index contributed by atoms with van der Waals surface area (Å²) >= 11 is 0. The molecule has 0 bridgehead atoms. The highest BCUT2D eigenvalue weighted by Crippen LogP contribution is 2.26. The minimum absolute atomic E-state index is 0.0923. The number of nitrogens with zero attached hydrogens (tertiary/aromatic N) is 4. The molecule has 1 atom stereocenters. The van der Waals surface area contributed by atoms with Gasteiger partial charge in [0.1, 0.15) is 24.1 Å². The van der Waals surface area contributed by atoms with Gasteiger partial charge in [-0.1, -0.05) is 6.07 Å². The van der Waals surface area contributed by atoms with E-state index in [-0.39, 0.29) is 11.8 Å². The first kappa shape index (κ1) is 15.4. The summed E-state index contributed by atoms with van der Waals surface area (Å²) in [5.74, 6) is 1.98. The van der Waals surface area contributed by atoms with Gasteiger partial charge in [0.2, 0.25) is 5.91 Å². The molecular weight excluding hydrogens is 294 g/mol. The lowest BCUT2D eigenvalue weighted by Crippen LogP contribution is -2.30. The Labute approximate surface area is 134 Å². The van der Waals surface area contributed by atoms with Crippen molar-refractivity contribution in [2.75, 3.05) is 25.0 Å². The SMILES string of the molecule is Cc1cc(Nc2ccccn2)nc([C@H]2CCN(C(=O)CO)C2)n1. The molecule has 0 unspecified atom stereocenters. The Balaban J connectivity index is 1.77. The lowest BCUT2D eigenvalue weighted by Gasteiger charge is -2.15. The summed E-state index contributed by atoms with van der Waals surface area (Å²) in [5.41, 5.74) is 0.861. The molecule has 1 aliphatic rings. The predicted molar refractivity (Wildman–Crippen MR) is 85.3 cm³/mol. The summed E-state index contributed by atoms with van der Waals surface area (Å²) in [6.45, 7) is 2.64. The van der Waals surface area contributed by atoms with E-state index in [1.165, 1.54) is 0 Å². The van der Waals surface area contributed by atoms with Gasteiger partial charge in [-0.25, -0.2) is 15.0 Å². The van der Waals surface area contributed by atoms with Gasteiger partial charge in [0.15, 0.2) is 0 Å². The lowest BCUT2D eigenvalue weighted by atomic mass is 10.1. The molecule has 1 aliphatic heterocycles. The number of aliphatic hydroxyl groups excluding tert-OH is 1. The quantitative estimate of drug-likeness (QED) is 0.882. The Morgan fingerprint density at radius 1 is 1.39 bits per heavy atom. The van der Waals surface area contributed by atoms with Crippen molar-refractivity contribution in [3.63, 3.8) is 0 Å². The van der Waals surface area contributed by atoms with Gasteiger partial charge in [-0.15, -0.1) is 0 Å². The maximum absolute atomic E-state index is 11.6. The number of carbonyl (C=O) groups is 1. The van der Waals surface area contributed by atoms with Crippen LogP contribution in [0.15, 0.2) is 30.5 Å². The zero-order valence-electron chi connectivity index (χ0n) is 12.9. The molecule has 2 aromatic heterocycles. The fraction of sp³-hybridized carbons (Fsp3) is 0.375. The second-order valence-corrected chi connectivity index (χ2v) is 5.58. The van der Waals surface area contributed by atoms with E-state index in [1.807, 2.05) is 31.2 Å². The zero-order chi connectivity index (χ0) is 16.2. The highest BCUT2D eigenvalue weighted by atomic mass is 16.3. The van der Waals surface area contributed by atoms with Crippen LogP contribution in [0.25, 0.3) is 0 Å². The van der Waals surface area contributed by atoms with Gasteiger partial charge >= 0.3 is 0 Å². The van der Waals surface area contributed by atoms with Crippen LogP contribution in [0.5, 0.6) is 0 Å². The fourth-order valence-electron chi connectivity index (χ4n) is 2.70. The summed E-state index contributed by atoms with van der Waals surface area (Å²) in [4.78, 5) is 26.5. The molecule has 3 rings (SSSR count). The average Bonchev–Trinajstić information content (AvgIpc) is 3.04. The molecule has 1 amide bonds. The van der Waals surface area contributed by atoms with Gasteiger partial charge < -0.3 is 15.3 Å². The second kappa shape index (κ2) is 6.70. The number of carbonyl (C=O) groups excluding carboxylic acids is 1. The summed E-state index contributed by atoms with van der Waals surface area (Å²) in [7, 11) is 0. The number of aryl methyl sites for hydroxylation is 1. The van der Waals surface area contributed by atoms with Gasteiger partial charge in [0.05, 0.1) is 0 Å². The molecule has 7 nitrogen and oxygen atoms in total. The van der Waals surface area contributed by atoms with E-state index >= 15 is 0 Å². The van der Waals surface area contributed by atoms with Crippen molar-refractivity contribution < 1.29 is 9.90 Å². The molecule has 0 saturated carbocycles. The van der Waals surface area contributed by atoms with Crippen LogP contribution in [0.4, 0.5) is 11.6 Å². The molecule has 2 aromatic rings. The lowest BCUT2D eigenvalue weighted by molar-refractivity contribution is -0.133. The van der Waals surface area contributed by atoms with Crippen molar-refractivity contribution in [2.24, 2.45) is 0 Å². The van der Waals surface area contributed by atoms with Crippen LogP contribution in [-0.2, 0) is 4.79 Å². The number of hydrogen-bond acceptors (Lipinski definition) is 6. The smallest absolute Gasteiger partial charge is 0.248 e. The first-order valence-electron chi connectivity index (χ1n) is 7.58. The first-order chi connectivity index (χ1) is 11.2. The molecule has 0 radical (unpaired) electrons. The van der Waals surface area contributed by atoms with Crippen LogP contribution in [-0.4, -0.2) is 50.6 Å².